The quantitative estimate of drug-likeness (QED) is 0.908. The Bertz CT molecular complexity index is 810. The molecule has 1 aliphatic rings. The number of sulfonamides is 1. The van der Waals surface area contributed by atoms with Gasteiger partial charge >= 0.3 is 0 Å². The van der Waals surface area contributed by atoms with Crippen LogP contribution in [0.3, 0.4) is 0 Å². The molecule has 1 aliphatic heterocycles. The Morgan fingerprint density at radius 1 is 1.39 bits per heavy atom. The average molecular weight is 337 g/mol. The Kier molecular flexibility index (Phi) is 4.61. The second-order valence-corrected chi connectivity index (χ2v) is 7.46. The number of rotatable bonds is 5. The van der Waals surface area contributed by atoms with Crippen molar-refractivity contribution in [2.45, 2.75) is 30.7 Å². The lowest BCUT2D eigenvalue weighted by atomic mass is 10.2. The van der Waals surface area contributed by atoms with Crippen molar-refractivity contribution in [1.82, 2.24) is 14.6 Å². The molecule has 124 valence electrons. The maximum atomic E-state index is 13.8. The maximum absolute atomic E-state index is 13.8. The summed E-state index contributed by atoms with van der Waals surface area (Å²) in [4.78, 5) is 6.29. The van der Waals surface area contributed by atoms with Crippen molar-refractivity contribution in [3.63, 3.8) is 0 Å². The summed E-state index contributed by atoms with van der Waals surface area (Å²) in [6.07, 6.45) is 3.53. The van der Waals surface area contributed by atoms with Crippen LogP contribution in [0.5, 0.6) is 0 Å². The molecule has 0 spiro atoms. The Morgan fingerprint density at radius 2 is 2.22 bits per heavy atom. The molecule has 2 heterocycles. The Labute approximate surface area is 135 Å². The summed E-state index contributed by atoms with van der Waals surface area (Å²) in [7, 11) is -3.71. The van der Waals surface area contributed by atoms with Gasteiger partial charge in [0.25, 0.3) is 0 Å². The van der Waals surface area contributed by atoms with E-state index in [-0.39, 0.29) is 16.5 Å². The van der Waals surface area contributed by atoms with Crippen LogP contribution in [0.1, 0.15) is 19.8 Å². The lowest BCUT2D eigenvalue weighted by Gasteiger charge is -2.23. The van der Waals surface area contributed by atoms with Gasteiger partial charge in [-0.15, -0.1) is 0 Å². The SMILES string of the molecule is CCN1CCC[C@H]1CNS(=O)(=O)c1ccc(F)c2ncccc12. The third kappa shape index (κ3) is 3.22. The van der Waals surface area contributed by atoms with Crippen molar-refractivity contribution < 1.29 is 12.8 Å². The van der Waals surface area contributed by atoms with Gasteiger partial charge in [0.1, 0.15) is 11.3 Å². The number of likely N-dealkylation sites (N-methyl/N-ethyl adjacent to an activating group) is 1. The first-order valence-corrected chi connectivity index (χ1v) is 9.28. The highest BCUT2D eigenvalue weighted by Gasteiger charge is 2.26. The van der Waals surface area contributed by atoms with Gasteiger partial charge in [-0.2, -0.15) is 0 Å². The summed E-state index contributed by atoms with van der Waals surface area (Å²) in [6.45, 7) is 4.36. The highest BCUT2D eigenvalue weighted by atomic mass is 32.2. The van der Waals surface area contributed by atoms with E-state index in [1.807, 2.05) is 0 Å². The van der Waals surface area contributed by atoms with Gasteiger partial charge in [-0.25, -0.2) is 17.5 Å². The number of pyridine rings is 1. The predicted octanol–water partition coefficient (Wildman–Crippen LogP) is 2.14. The summed E-state index contributed by atoms with van der Waals surface area (Å²) in [5.41, 5.74) is 0.0754. The number of nitrogens with one attached hydrogen (secondary N) is 1. The van der Waals surface area contributed by atoms with Crippen LogP contribution in [0.15, 0.2) is 35.4 Å². The van der Waals surface area contributed by atoms with E-state index in [1.165, 1.54) is 12.3 Å². The van der Waals surface area contributed by atoms with Crippen LogP contribution in [-0.2, 0) is 10.0 Å². The van der Waals surface area contributed by atoms with Gasteiger partial charge in [-0.05, 0) is 50.2 Å². The van der Waals surface area contributed by atoms with Crippen LogP contribution in [0.4, 0.5) is 4.39 Å². The van der Waals surface area contributed by atoms with E-state index in [0.29, 0.717) is 11.9 Å². The van der Waals surface area contributed by atoms with Crippen molar-refractivity contribution in [2.75, 3.05) is 19.6 Å². The van der Waals surface area contributed by atoms with E-state index >= 15 is 0 Å². The van der Waals surface area contributed by atoms with Crippen molar-refractivity contribution in [3.8, 4) is 0 Å². The molecule has 1 saturated heterocycles. The van der Waals surface area contributed by atoms with Crippen molar-refractivity contribution in [3.05, 3.63) is 36.3 Å². The fraction of sp³-hybridized carbons (Fsp3) is 0.438. The smallest absolute Gasteiger partial charge is 0.241 e. The van der Waals surface area contributed by atoms with E-state index < -0.39 is 15.8 Å². The second kappa shape index (κ2) is 6.51. The predicted molar refractivity (Wildman–Crippen MR) is 87.2 cm³/mol. The zero-order valence-corrected chi connectivity index (χ0v) is 13.8. The molecule has 3 rings (SSSR count). The molecule has 1 N–H and O–H groups in total. The zero-order chi connectivity index (χ0) is 16.4. The summed E-state index contributed by atoms with van der Waals surface area (Å²) in [6, 6.07) is 5.86. The number of nitrogens with zero attached hydrogens (tertiary/aromatic N) is 2. The van der Waals surface area contributed by atoms with Crippen molar-refractivity contribution in [2.24, 2.45) is 0 Å². The molecule has 1 aromatic heterocycles. The fourth-order valence-corrected chi connectivity index (χ4v) is 4.44. The fourth-order valence-electron chi connectivity index (χ4n) is 3.17. The van der Waals surface area contributed by atoms with E-state index in [9.17, 15) is 12.8 Å². The molecule has 0 radical (unpaired) electrons. The third-order valence-electron chi connectivity index (χ3n) is 4.38. The van der Waals surface area contributed by atoms with E-state index in [1.54, 1.807) is 12.1 Å². The van der Waals surface area contributed by atoms with Gasteiger partial charge in [0, 0.05) is 24.2 Å². The molecule has 0 saturated carbocycles. The molecular weight excluding hydrogens is 317 g/mol. The van der Waals surface area contributed by atoms with Crippen molar-refractivity contribution in [1.29, 1.82) is 0 Å². The van der Waals surface area contributed by atoms with Crippen molar-refractivity contribution >= 4 is 20.9 Å². The minimum Gasteiger partial charge on any atom is -0.299 e. The first kappa shape index (κ1) is 16.3. The summed E-state index contributed by atoms with van der Waals surface area (Å²) < 4.78 is 41.7. The molecule has 1 fully saturated rings. The maximum Gasteiger partial charge on any atom is 0.241 e. The minimum absolute atomic E-state index is 0.0723. The first-order valence-electron chi connectivity index (χ1n) is 7.80. The number of benzene rings is 1. The van der Waals surface area contributed by atoms with Gasteiger partial charge < -0.3 is 0 Å². The van der Waals surface area contributed by atoms with Gasteiger partial charge in [-0.1, -0.05) is 6.92 Å². The summed E-state index contributed by atoms with van der Waals surface area (Å²) >= 11 is 0. The second-order valence-electron chi connectivity index (χ2n) is 5.72. The van der Waals surface area contributed by atoms with Crippen LogP contribution in [-0.4, -0.2) is 44.0 Å². The molecule has 0 unspecified atom stereocenters. The molecule has 2 aromatic rings. The molecule has 1 aromatic carbocycles. The van der Waals surface area contributed by atoms with Gasteiger partial charge in [0.15, 0.2) is 0 Å². The molecule has 7 heteroatoms. The topological polar surface area (TPSA) is 62.3 Å². The zero-order valence-electron chi connectivity index (χ0n) is 13.0. The largest absolute Gasteiger partial charge is 0.299 e. The van der Waals surface area contributed by atoms with Gasteiger partial charge in [-0.3, -0.25) is 9.88 Å². The number of likely N-dealkylation sites (tertiary alicyclic amines) is 1. The lowest BCUT2D eigenvalue weighted by molar-refractivity contribution is 0.268. The molecule has 23 heavy (non-hydrogen) atoms. The number of hydrogen-bond acceptors (Lipinski definition) is 4. The number of aromatic nitrogens is 1. The van der Waals surface area contributed by atoms with E-state index in [0.717, 1.165) is 32.0 Å². The summed E-state index contributed by atoms with van der Waals surface area (Å²) in [5, 5.41) is 0.304. The lowest BCUT2D eigenvalue weighted by Crippen LogP contribution is -2.40. The van der Waals surface area contributed by atoms with Crippen LogP contribution in [0.2, 0.25) is 0 Å². The molecule has 0 amide bonds. The van der Waals surface area contributed by atoms with E-state index in [4.69, 9.17) is 0 Å². The van der Waals surface area contributed by atoms with Crippen LogP contribution < -0.4 is 4.72 Å². The molecule has 0 bridgehead atoms. The minimum atomic E-state index is -3.71. The van der Waals surface area contributed by atoms with Gasteiger partial charge in [0.2, 0.25) is 10.0 Å². The normalized spacial score (nSPS) is 19.5. The van der Waals surface area contributed by atoms with Crippen LogP contribution in [0, 0.1) is 5.82 Å². The Balaban J connectivity index is 1.87. The highest BCUT2D eigenvalue weighted by molar-refractivity contribution is 7.89. The van der Waals surface area contributed by atoms with Crippen LogP contribution >= 0.6 is 0 Å². The first-order chi connectivity index (χ1) is 11.0. The number of halogens is 1. The standard InChI is InChI=1S/C16H20FN3O2S/c1-2-20-10-4-5-12(20)11-19-23(21,22)15-8-7-14(17)16-13(15)6-3-9-18-16/h3,6-9,12,19H,2,4-5,10-11H2,1H3/t12-/m0/s1. The van der Waals surface area contributed by atoms with Crippen LogP contribution in [0.25, 0.3) is 10.9 Å². The average Bonchev–Trinajstić information content (AvgIpc) is 3.01. The monoisotopic (exact) mass is 337 g/mol. The molecule has 5 nitrogen and oxygen atoms in total. The van der Waals surface area contributed by atoms with Gasteiger partial charge in [0.05, 0.1) is 4.90 Å². The molecule has 0 aliphatic carbocycles. The van der Waals surface area contributed by atoms with E-state index in [2.05, 4.69) is 21.5 Å². The number of hydrogen-bond donors (Lipinski definition) is 1. The Morgan fingerprint density at radius 3 is 3.00 bits per heavy atom. The Hall–Kier alpha value is -1.57. The molecular formula is C16H20FN3O2S. The molecule has 1 atom stereocenters. The number of fused-ring (bicyclic) bond motifs is 1. The highest BCUT2D eigenvalue weighted by Crippen LogP contribution is 2.24. The third-order valence-corrected chi connectivity index (χ3v) is 5.87. The summed E-state index contributed by atoms with van der Waals surface area (Å²) in [5.74, 6) is -0.521.